The summed E-state index contributed by atoms with van der Waals surface area (Å²) < 4.78 is 5.90. The summed E-state index contributed by atoms with van der Waals surface area (Å²) in [6.45, 7) is 7.73. The Hall–Kier alpha value is -1.13. The van der Waals surface area contributed by atoms with Crippen LogP contribution in [0.2, 0.25) is 0 Å². The molecule has 0 bridgehead atoms. The molecule has 1 aliphatic heterocycles. The number of aromatic nitrogens is 1. The van der Waals surface area contributed by atoms with Gasteiger partial charge in [-0.2, -0.15) is 0 Å². The monoisotopic (exact) mass is 277 g/mol. The van der Waals surface area contributed by atoms with Crippen molar-refractivity contribution in [3.63, 3.8) is 0 Å². The molecule has 1 aromatic heterocycles. The van der Waals surface area contributed by atoms with Gasteiger partial charge in [0.2, 0.25) is 0 Å². The Morgan fingerprint density at radius 2 is 2.25 bits per heavy atom. The van der Waals surface area contributed by atoms with Crippen LogP contribution in [0.25, 0.3) is 0 Å². The molecule has 2 N–H and O–H groups in total. The summed E-state index contributed by atoms with van der Waals surface area (Å²) >= 11 is 0. The van der Waals surface area contributed by atoms with Crippen LogP contribution < -0.4 is 10.6 Å². The van der Waals surface area contributed by atoms with Crippen LogP contribution in [0.15, 0.2) is 12.1 Å². The first kappa shape index (κ1) is 15.3. The number of pyridine rings is 1. The van der Waals surface area contributed by atoms with Crippen LogP contribution in [0.5, 0.6) is 0 Å². The third-order valence-corrected chi connectivity index (χ3v) is 3.78. The number of hydrogen-bond donors (Lipinski definition) is 1. The second-order valence-corrected chi connectivity index (χ2v) is 5.46. The van der Waals surface area contributed by atoms with Gasteiger partial charge in [-0.05, 0) is 43.4 Å². The van der Waals surface area contributed by atoms with E-state index in [1.165, 1.54) is 12.0 Å². The van der Waals surface area contributed by atoms with Crippen molar-refractivity contribution >= 4 is 5.82 Å². The van der Waals surface area contributed by atoms with Crippen molar-refractivity contribution in [1.82, 2.24) is 4.98 Å². The Labute approximate surface area is 122 Å². The van der Waals surface area contributed by atoms with E-state index in [0.29, 0.717) is 12.6 Å². The van der Waals surface area contributed by atoms with Gasteiger partial charge in [-0.15, -0.1) is 0 Å². The molecular formula is C16H27N3O. The second kappa shape index (κ2) is 7.60. The van der Waals surface area contributed by atoms with Gasteiger partial charge in [-0.3, -0.25) is 0 Å². The Morgan fingerprint density at radius 1 is 1.40 bits per heavy atom. The Balaban J connectivity index is 2.09. The number of piperidine rings is 1. The van der Waals surface area contributed by atoms with Crippen LogP contribution in [0.1, 0.15) is 44.4 Å². The van der Waals surface area contributed by atoms with Crippen molar-refractivity contribution in [3.05, 3.63) is 23.4 Å². The lowest BCUT2D eigenvalue weighted by Crippen LogP contribution is -2.40. The number of hydrogen-bond acceptors (Lipinski definition) is 4. The number of anilines is 1. The third-order valence-electron chi connectivity index (χ3n) is 3.78. The Morgan fingerprint density at radius 3 is 2.95 bits per heavy atom. The van der Waals surface area contributed by atoms with E-state index in [2.05, 4.69) is 30.9 Å². The van der Waals surface area contributed by atoms with Gasteiger partial charge in [0.05, 0.1) is 6.10 Å². The van der Waals surface area contributed by atoms with E-state index in [9.17, 15) is 0 Å². The normalized spacial score (nSPS) is 19.4. The van der Waals surface area contributed by atoms with Gasteiger partial charge in [0.15, 0.2) is 0 Å². The summed E-state index contributed by atoms with van der Waals surface area (Å²) in [5, 5.41) is 0. The first-order valence-corrected chi connectivity index (χ1v) is 7.83. The molecule has 1 fully saturated rings. The summed E-state index contributed by atoms with van der Waals surface area (Å²) in [5.41, 5.74) is 8.09. The highest BCUT2D eigenvalue weighted by atomic mass is 16.5. The highest BCUT2D eigenvalue weighted by Gasteiger charge is 2.21. The highest BCUT2D eigenvalue weighted by Crippen LogP contribution is 2.21. The molecule has 2 heterocycles. The lowest BCUT2D eigenvalue weighted by Gasteiger charge is -2.34. The Kier molecular flexibility index (Phi) is 5.80. The zero-order valence-electron chi connectivity index (χ0n) is 12.8. The standard InChI is InChI=1S/C16H27N3O/c1-3-8-20-15-6-5-7-19(12-15)16-10-13(11-17)9-14(4-2)18-16/h9-10,15H,3-8,11-12,17H2,1-2H3. The summed E-state index contributed by atoms with van der Waals surface area (Å²) in [6, 6.07) is 4.24. The third kappa shape index (κ3) is 3.93. The molecule has 1 aromatic rings. The molecule has 0 spiro atoms. The summed E-state index contributed by atoms with van der Waals surface area (Å²) in [6.07, 6.45) is 4.71. The zero-order valence-corrected chi connectivity index (χ0v) is 12.8. The number of rotatable bonds is 6. The average molecular weight is 277 g/mol. The molecule has 0 amide bonds. The Bertz CT molecular complexity index is 400. The van der Waals surface area contributed by atoms with Crippen LogP contribution in [0, 0.1) is 0 Å². The number of nitrogens with two attached hydrogens (primary N) is 1. The minimum atomic E-state index is 0.345. The van der Waals surface area contributed by atoms with E-state index in [1.54, 1.807) is 0 Å². The van der Waals surface area contributed by atoms with Crippen LogP contribution in [-0.2, 0) is 17.7 Å². The van der Waals surface area contributed by atoms with E-state index in [0.717, 1.165) is 50.5 Å². The van der Waals surface area contributed by atoms with Crippen LogP contribution in [0.4, 0.5) is 5.82 Å². The summed E-state index contributed by atoms with van der Waals surface area (Å²) in [4.78, 5) is 7.10. The number of aryl methyl sites for hydroxylation is 1. The van der Waals surface area contributed by atoms with E-state index in [1.807, 2.05) is 0 Å². The fourth-order valence-electron chi connectivity index (χ4n) is 2.66. The van der Waals surface area contributed by atoms with Crippen molar-refractivity contribution in [1.29, 1.82) is 0 Å². The lowest BCUT2D eigenvalue weighted by atomic mass is 10.1. The maximum Gasteiger partial charge on any atom is 0.129 e. The van der Waals surface area contributed by atoms with Gasteiger partial charge < -0.3 is 15.4 Å². The first-order chi connectivity index (χ1) is 9.76. The van der Waals surface area contributed by atoms with Crippen molar-refractivity contribution in [2.45, 2.75) is 52.2 Å². The van der Waals surface area contributed by atoms with Gasteiger partial charge >= 0.3 is 0 Å². The van der Waals surface area contributed by atoms with Crippen LogP contribution >= 0.6 is 0 Å². The topological polar surface area (TPSA) is 51.4 Å². The lowest BCUT2D eigenvalue weighted by molar-refractivity contribution is 0.0439. The molecular weight excluding hydrogens is 250 g/mol. The molecule has 20 heavy (non-hydrogen) atoms. The molecule has 0 radical (unpaired) electrons. The van der Waals surface area contributed by atoms with Crippen molar-refractivity contribution in [3.8, 4) is 0 Å². The minimum Gasteiger partial charge on any atom is -0.376 e. The molecule has 1 aliphatic rings. The molecule has 112 valence electrons. The zero-order chi connectivity index (χ0) is 14.4. The molecule has 1 unspecified atom stereocenters. The van der Waals surface area contributed by atoms with E-state index >= 15 is 0 Å². The molecule has 2 rings (SSSR count). The fraction of sp³-hybridized carbons (Fsp3) is 0.688. The largest absolute Gasteiger partial charge is 0.376 e. The van der Waals surface area contributed by atoms with Gasteiger partial charge in [-0.1, -0.05) is 13.8 Å². The summed E-state index contributed by atoms with van der Waals surface area (Å²) in [7, 11) is 0. The first-order valence-electron chi connectivity index (χ1n) is 7.83. The molecule has 1 atom stereocenters. The van der Waals surface area contributed by atoms with Gasteiger partial charge in [-0.25, -0.2) is 4.98 Å². The number of nitrogens with zero attached hydrogens (tertiary/aromatic N) is 2. The van der Waals surface area contributed by atoms with Crippen molar-refractivity contribution in [2.24, 2.45) is 5.73 Å². The quantitative estimate of drug-likeness (QED) is 0.868. The minimum absolute atomic E-state index is 0.345. The van der Waals surface area contributed by atoms with Crippen molar-refractivity contribution < 1.29 is 4.74 Å². The van der Waals surface area contributed by atoms with E-state index in [4.69, 9.17) is 15.5 Å². The molecule has 0 saturated carbocycles. The maximum atomic E-state index is 5.90. The molecule has 0 aromatic carbocycles. The van der Waals surface area contributed by atoms with Crippen LogP contribution in [-0.4, -0.2) is 30.8 Å². The van der Waals surface area contributed by atoms with Crippen LogP contribution in [0.3, 0.4) is 0 Å². The maximum absolute atomic E-state index is 5.90. The molecule has 0 aliphatic carbocycles. The second-order valence-electron chi connectivity index (χ2n) is 5.46. The van der Waals surface area contributed by atoms with E-state index in [-0.39, 0.29) is 0 Å². The molecule has 1 saturated heterocycles. The summed E-state index contributed by atoms with van der Waals surface area (Å²) in [5.74, 6) is 1.06. The van der Waals surface area contributed by atoms with Gasteiger partial charge in [0, 0.05) is 31.9 Å². The highest BCUT2D eigenvalue weighted by molar-refractivity contribution is 5.43. The SMILES string of the molecule is CCCOC1CCCN(c2cc(CN)cc(CC)n2)C1. The fourth-order valence-corrected chi connectivity index (χ4v) is 2.66. The number of ether oxygens (including phenoxy) is 1. The smallest absolute Gasteiger partial charge is 0.129 e. The van der Waals surface area contributed by atoms with Gasteiger partial charge in [0.1, 0.15) is 5.82 Å². The van der Waals surface area contributed by atoms with Crippen molar-refractivity contribution in [2.75, 3.05) is 24.6 Å². The average Bonchev–Trinajstić information content (AvgIpc) is 2.52. The van der Waals surface area contributed by atoms with Gasteiger partial charge in [0.25, 0.3) is 0 Å². The predicted molar refractivity (Wildman–Crippen MR) is 83.0 cm³/mol. The predicted octanol–water partition coefficient (Wildman–Crippen LogP) is 2.50. The molecule has 4 nitrogen and oxygen atoms in total. The van der Waals surface area contributed by atoms with E-state index < -0.39 is 0 Å². The molecule has 4 heteroatoms.